The zero-order valence-electron chi connectivity index (χ0n) is 16.3. The van der Waals surface area contributed by atoms with Gasteiger partial charge in [-0.2, -0.15) is 13.2 Å². The van der Waals surface area contributed by atoms with E-state index in [0.29, 0.717) is 43.0 Å². The predicted molar refractivity (Wildman–Crippen MR) is 110 cm³/mol. The van der Waals surface area contributed by atoms with Crippen molar-refractivity contribution in [1.29, 1.82) is 0 Å². The molecular weight excluding hydrogens is 433 g/mol. The van der Waals surface area contributed by atoms with Crippen molar-refractivity contribution in [2.75, 3.05) is 37.6 Å². The molecule has 0 atom stereocenters. The molecule has 2 amide bonds. The number of carbonyl (C=O) groups is 2. The van der Waals surface area contributed by atoms with Crippen molar-refractivity contribution >= 4 is 34.9 Å². The molecule has 2 aromatic rings. The zero-order chi connectivity index (χ0) is 22.3. The Morgan fingerprint density at radius 1 is 1.13 bits per heavy atom. The minimum absolute atomic E-state index is 0.0914. The standard InChI is InChI=1S/C21H18ClF3N4O2/c1-13-15-4-2-3-5-16(15)20(31)29(13)12-18(30)27-6-8-28(9-7-27)19-17(22)10-14(11-26-19)21(23,24)25/h2-5,10-11H,1,6-9,12H2. The topological polar surface area (TPSA) is 56.8 Å². The van der Waals surface area contributed by atoms with Crippen molar-refractivity contribution in [3.63, 3.8) is 0 Å². The molecule has 0 unspecified atom stereocenters. The molecule has 4 rings (SSSR count). The molecule has 6 nitrogen and oxygen atoms in total. The number of alkyl halides is 3. The van der Waals surface area contributed by atoms with Crippen molar-refractivity contribution in [2.45, 2.75) is 6.18 Å². The van der Waals surface area contributed by atoms with E-state index in [0.717, 1.165) is 12.3 Å². The Kier molecular flexibility index (Phi) is 5.38. The van der Waals surface area contributed by atoms with Gasteiger partial charge in [-0.1, -0.05) is 36.4 Å². The number of piperazine rings is 1. The van der Waals surface area contributed by atoms with Crippen LogP contribution in [0.15, 0.2) is 43.1 Å². The summed E-state index contributed by atoms with van der Waals surface area (Å²) in [6.07, 6.45) is -3.77. The fourth-order valence-corrected chi connectivity index (χ4v) is 4.01. The summed E-state index contributed by atoms with van der Waals surface area (Å²) in [5.74, 6) is -0.234. The fourth-order valence-electron chi connectivity index (χ4n) is 3.72. The first-order valence-corrected chi connectivity index (χ1v) is 9.90. The SMILES string of the molecule is C=C1c2ccccc2C(=O)N1CC(=O)N1CCN(c2ncc(C(F)(F)F)cc2Cl)CC1. The third-order valence-electron chi connectivity index (χ3n) is 5.41. The monoisotopic (exact) mass is 450 g/mol. The van der Waals surface area contributed by atoms with Gasteiger partial charge in [0.25, 0.3) is 5.91 Å². The number of rotatable bonds is 3. The number of anilines is 1. The molecule has 10 heteroatoms. The number of hydrogen-bond donors (Lipinski definition) is 0. The van der Waals surface area contributed by atoms with Crippen LogP contribution in [0, 0.1) is 0 Å². The number of carbonyl (C=O) groups excluding carboxylic acids is 2. The van der Waals surface area contributed by atoms with Crippen LogP contribution in [0.3, 0.4) is 0 Å². The Morgan fingerprint density at radius 2 is 1.77 bits per heavy atom. The molecule has 0 saturated carbocycles. The van der Waals surface area contributed by atoms with Crippen LogP contribution in [0.4, 0.5) is 19.0 Å². The maximum Gasteiger partial charge on any atom is 0.417 e. The van der Waals surface area contributed by atoms with Crippen LogP contribution in [0.25, 0.3) is 5.70 Å². The summed E-state index contributed by atoms with van der Waals surface area (Å²) in [6.45, 7) is 5.20. The van der Waals surface area contributed by atoms with Gasteiger partial charge < -0.3 is 9.80 Å². The summed E-state index contributed by atoms with van der Waals surface area (Å²) in [4.78, 5) is 33.9. The molecule has 1 saturated heterocycles. The molecule has 0 radical (unpaired) electrons. The minimum Gasteiger partial charge on any atom is -0.352 e. The second-order valence-corrected chi connectivity index (χ2v) is 7.69. The third-order valence-corrected chi connectivity index (χ3v) is 5.69. The Morgan fingerprint density at radius 3 is 2.35 bits per heavy atom. The van der Waals surface area contributed by atoms with E-state index in [9.17, 15) is 22.8 Å². The van der Waals surface area contributed by atoms with Crippen LogP contribution in [0.5, 0.6) is 0 Å². The van der Waals surface area contributed by atoms with Crippen LogP contribution in [-0.4, -0.2) is 59.3 Å². The first kappa shape index (κ1) is 21.2. The van der Waals surface area contributed by atoms with Gasteiger partial charge in [-0.3, -0.25) is 14.5 Å². The van der Waals surface area contributed by atoms with Crippen LogP contribution in [-0.2, 0) is 11.0 Å². The van der Waals surface area contributed by atoms with E-state index in [1.165, 1.54) is 4.90 Å². The fraction of sp³-hybridized carbons (Fsp3) is 0.286. The number of halogens is 4. The van der Waals surface area contributed by atoms with Gasteiger partial charge in [0.15, 0.2) is 0 Å². The molecule has 0 bridgehead atoms. The van der Waals surface area contributed by atoms with Gasteiger partial charge in [0.2, 0.25) is 5.91 Å². The molecule has 162 valence electrons. The molecule has 1 fully saturated rings. The highest BCUT2D eigenvalue weighted by molar-refractivity contribution is 6.33. The summed E-state index contributed by atoms with van der Waals surface area (Å²) in [6, 6.07) is 7.91. The lowest BCUT2D eigenvalue weighted by Gasteiger charge is -2.36. The number of fused-ring (bicyclic) bond motifs is 1. The van der Waals surface area contributed by atoms with Gasteiger partial charge in [-0.25, -0.2) is 4.98 Å². The van der Waals surface area contributed by atoms with Crippen LogP contribution < -0.4 is 4.90 Å². The van der Waals surface area contributed by atoms with E-state index < -0.39 is 11.7 Å². The highest BCUT2D eigenvalue weighted by Crippen LogP contribution is 2.34. The second-order valence-electron chi connectivity index (χ2n) is 7.28. The molecule has 2 aliphatic rings. The van der Waals surface area contributed by atoms with Crippen molar-refractivity contribution in [3.8, 4) is 0 Å². The van der Waals surface area contributed by atoms with Crippen molar-refractivity contribution in [3.05, 3.63) is 64.8 Å². The molecule has 2 aliphatic heterocycles. The number of nitrogens with zero attached hydrogens (tertiary/aromatic N) is 4. The lowest BCUT2D eigenvalue weighted by Crippen LogP contribution is -2.51. The molecule has 1 aromatic heterocycles. The van der Waals surface area contributed by atoms with Crippen molar-refractivity contribution in [1.82, 2.24) is 14.8 Å². The molecular formula is C21H18ClF3N4O2. The van der Waals surface area contributed by atoms with Crippen LogP contribution >= 0.6 is 11.6 Å². The van der Waals surface area contributed by atoms with Gasteiger partial charge in [0.05, 0.1) is 10.6 Å². The van der Waals surface area contributed by atoms with Gasteiger partial charge in [-0.05, 0) is 12.1 Å². The quantitative estimate of drug-likeness (QED) is 0.718. The highest BCUT2D eigenvalue weighted by atomic mass is 35.5. The van der Waals surface area contributed by atoms with Crippen molar-refractivity contribution < 1.29 is 22.8 Å². The van der Waals surface area contributed by atoms with E-state index in [1.807, 2.05) is 6.07 Å². The number of hydrogen-bond acceptors (Lipinski definition) is 4. The third kappa shape index (κ3) is 3.97. The summed E-state index contributed by atoms with van der Waals surface area (Å²) in [7, 11) is 0. The van der Waals surface area contributed by atoms with Crippen molar-refractivity contribution in [2.24, 2.45) is 0 Å². The van der Waals surface area contributed by atoms with E-state index in [2.05, 4.69) is 11.6 Å². The predicted octanol–water partition coefficient (Wildman–Crippen LogP) is 3.53. The van der Waals surface area contributed by atoms with E-state index >= 15 is 0 Å². The molecule has 0 N–H and O–H groups in total. The normalized spacial score (nSPS) is 16.7. The lowest BCUT2D eigenvalue weighted by molar-refractivity contribution is -0.137. The maximum absolute atomic E-state index is 12.8. The van der Waals surface area contributed by atoms with Gasteiger partial charge in [0, 0.05) is 49.2 Å². The van der Waals surface area contributed by atoms with E-state index in [-0.39, 0.29) is 29.2 Å². The highest BCUT2D eigenvalue weighted by Gasteiger charge is 2.35. The largest absolute Gasteiger partial charge is 0.417 e. The molecule has 31 heavy (non-hydrogen) atoms. The van der Waals surface area contributed by atoms with E-state index in [4.69, 9.17) is 11.6 Å². The summed E-state index contributed by atoms with van der Waals surface area (Å²) < 4.78 is 38.4. The maximum atomic E-state index is 12.8. The summed E-state index contributed by atoms with van der Waals surface area (Å²) in [5, 5.41) is -0.0914. The Bertz CT molecular complexity index is 1030. The van der Waals surface area contributed by atoms with Gasteiger partial charge >= 0.3 is 6.18 Å². The molecule has 1 aromatic carbocycles. The molecule has 3 heterocycles. The Balaban J connectivity index is 1.38. The first-order valence-electron chi connectivity index (χ1n) is 9.52. The number of amides is 2. The summed E-state index contributed by atoms with van der Waals surface area (Å²) >= 11 is 6.02. The number of pyridine rings is 1. The smallest absolute Gasteiger partial charge is 0.352 e. The Hall–Kier alpha value is -3.07. The minimum atomic E-state index is -4.52. The van der Waals surface area contributed by atoms with Crippen LogP contribution in [0.2, 0.25) is 5.02 Å². The first-order chi connectivity index (χ1) is 14.7. The van der Waals surface area contributed by atoms with E-state index in [1.54, 1.807) is 28.0 Å². The molecule has 0 spiro atoms. The average molecular weight is 451 g/mol. The van der Waals surface area contributed by atoms with Gasteiger partial charge in [-0.15, -0.1) is 0 Å². The zero-order valence-corrected chi connectivity index (χ0v) is 17.1. The second kappa shape index (κ2) is 7.88. The Labute approximate surface area is 181 Å². The molecule has 0 aliphatic carbocycles. The number of aromatic nitrogens is 1. The number of benzene rings is 1. The van der Waals surface area contributed by atoms with Gasteiger partial charge in [0.1, 0.15) is 12.4 Å². The summed E-state index contributed by atoms with van der Waals surface area (Å²) in [5.41, 5.74) is 0.821. The van der Waals surface area contributed by atoms with Crippen LogP contribution in [0.1, 0.15) is 21.5 Å². The average Bonchev–Trinajstić information content (AvgIpc) is 2.98. The lowest BCUT2D eigenvalue weighted by atomic mass is 10.1.